The summed E-state index contributed by atoms with van der Waals surface area (Å²) in [5.74, 6) is 0. The van der Waals surface area contributed by atoms with E-state index in [0.29, 0.717) is 0 Å². The van der Waals surface area contributed by atoms with Crippen LogP contribution in [0.3, 0.4) is 0 Å². The standard InChI is InChI=1S/C13H21NOS/c1-9(13(2,3)15)14-8-11-7-10-5-4-6-12(10)16-11/h7,9,14-15H,4-6,8H2,1-3H3. The predicted octanol–water partition coefficient (Wildman–Crippen LogP) is 2.49. The van der Waals surface area contributed by atoms with Crippen LogP contribution in [0.2, 0.25) is 0 Å². The van der Waals surface area contributed by atoms with E-state index in [0.717, 1.165) is 6.54 Å². The molecule has 0 saturated carbocycles. The first-order valence-electron chi connectivity index (χ1n) is 6.03. The van der Waals surface area contributed by atoms with Crippen molar-refractivity contribution in [1.29, 1.82) is 0 Å². The number of fused-ring (bicyclic) bond motifs is 1. The molecule has 1 unspecified atom stereocenters. The molecule has 0 bridgehead atoms. The molecule has 2 rings (SSSR count). The molecule has 0 radical (unpaired) electrons. The lowest BCUT2D eigenvalue weighted by atomic mass is 10.0. The Hall–Kier alpha value is -0.380. The van der Waals surface area contributed by atoms with Gasteiger partial charge in [0.2, 0.25) is 0 Å². The lowest BCUT2D eigenvalue weighted by Gasteiger charge is -2.26. The van der Waals surface area contributed by atoms with Crippen molar-refractivity contribution in [3.8, 4) is 0 Å². The molecule has 1 aromatic rings. The molecular weight excluding hydrogens is 218 g/mol. The second kappa shape index (κ2) is 4.47. The first-order chi connectivity index (χ1) is 7.47. The topological polar surface area (TPSA) is 32.3 Å². The van der Waals surface area contributed by atoms with E-state index in [1.165, 1.54) is 24.1 Å². The van der Waals surface area contributed by atoms with Crippen molar-refractivity contribution >= 4 is 11.3 Å². The van der Waals surface area contributed by atoms with Gasteiger partial charge in [-0.05, 0) is 51.7 Å². The Morgan fingerprint density at radius 3 is 2.88 bits per heavy atom. The minimum atomic E-state index is -0.653. The quantitative estimate of drug-likeness (QED) is 0.846. The first-order valence-corrected chi connectivity index (χ1v) is 6.84. The fraction of sp³-hybridized carbons (Fsp3) is 0.692. The summed E-state index contributed by atoms with van der Waals surface area (Å²) >= 11 is 1.93. The summed E-state index contributed by atoms with van der Waals surface area (Å²) in [5.41, 5.74) is 0.901. The highest BCUT2D eigenvalue weighted by atomic mass is 32.1. The molecule has 1 aliphatic carbocycles. The van der Waals surface area contributed by atoms with Gasteiger partial charge in [0.25, 0.3) is 0 Å². The van der Waals surface area contributed by atoms with Gasteiger partial charge in [-0.3, -0.25) is 0 Å². The van der Waals surface area contributed by atoms with E-state index in [1.54, 1.807) is 10.4 Å². The third kappa shape index (κ3) is 2.65. The fourth-order valence-electron chi connectivity index (χ4n) is 1.98. The Balaban J connectivity index is 1.90. The molecule has 0 spiro atoms. The zero-order chi connectivity index (χ0) is 11.8. The number of nitrogens with one attached hydrogen (secondary N) is 1. The molecule has 0 aromatic carbocycles. The summed E-state index contributed by atoms with van der Waals surface area (Å²) in [4.78, 5) is 2.98. The van der Waals surface area contributed by atoms with Gasteiger partial charge in [0.15, 0.2) is 0 Å². The van der Waals surface area contributed by atoms with Crippen molar-refractivity contribution in [3.63, 3.8) is 0 Å². The number of aliphatic hydroxyl groups is 1. The van der Waals surface area contributed by atoms with E-state index in [4.69, 9.17) is 0 Å². The second-order valence-electron chi connectivity index (χ2n) is 5.27. The van der Waals surface area contributed by atoms with Crippen LogP contribution in [0.4, 0.5) is 0 Å². The summed E-state index contributed by atoms with van der Waals surface area (Å²) < 4.78 is 0. The summed E-state index contributed by atoms with van der Waals surface area (Å²) in [6.07, 6.45) is 3.85. The molecule has 1 aliphatic rings. The average molecular weight is 239 g/mol. The predicted molar refractivity (Wildman–Crippen MR) is 68.9 cm³/mol. The van der Waals surface area contributed by atoms with Crippen LogP contribution in [0, 0.1) is 0 Å². The highest BCUT2D eigenvalue weighted by Gasteiger charge is 2.22. The summed E-state index contributed by atoms with van der Waals surface area (Å²) in [5, 5.41) is 13.2. The average Bonchev–Trinajstić information content (AvgIpc) is 2.71. The van der Waals surface area contributed by atoms with Crippen molar-refractivity contribution in [2.24, 2.45) is 0 Å². The fourth-order valence-corrected chi connectivity index (χ4v) is 3.19. The Morgan fingerprint density at radius 1 is 1.50 bits per heavy atom. The molecule has 0 fully saturated rings. The number of hydrogen-bond donors (Lipinski definition) is 2. The Kier molecular flexibility index (Phi) is 3.38. The minimum absolute atomic E-state index is 0.115. The monoisotopic (exact) mass is 239 g/mol. The smallest absolute Gasteiger partial charge is 0.0741 e. The maximum atomic E-state index is 9.82. The molecule has 1 aromatic heterocycles. The van der Waals surface area contributed by atoms with E-state index < -0.39 is 5.60 Å². The van der Waals surface area contributed by atoms with Gasteiger partial charge in [-0.2, -0.15) is 0 Å². The van der Waals surface area contributed by atoms with Gasteiger partial charge < -0.3 is 10.4 Å². The van der Waals surface area contributed by atoms with Gasteiger partial charge in [-0.1, -0.05) is 0 Å². The number of thiophene rings is 1. The van der Waals surface area contributed by atoms with E-state index in [-0.39, 0.29) is 6.04 Å². The molecule has 2 N–H and O–H groups in total. The van der Waals surface area contributed by atoms with Gasteiger partial charge in [0.1, 0.15) is 0 Å². The maximum absolute atomic E-state index is 9.82. The normalized spacial score (nSPS) is 17.5. The van der Waals surface area contributed by atoms with Gasteiger partial charge in [0, 0.05) is 22.3 Å². The van der Waals surface area contributed by atoms with Crippen LogP contribution in [-0.2, 0) is 19.4 Å². The number of hydrogen-bond acceptors (Lipinski definition) is 3. The van der Waals surface area contributed by atoms with Crippen molar-refractivity contribution in [2.75, 3.05) is 0 Å². The number of rotatable bonds is 4. The van der Waals surface area contributed by atoms with E-state index in [9.17, 15) is 5.11 Å². The molecule has 90 valence electrons. The lowest BCUT2D eigenvalue weighted by molar-refractivity contribution is 0.0438. The lowest BCUT2D eigenvalue weighted by Crippen LogP contribution is -2.43. The molecule has 0 amide bonds. The minimum Gasteiger partial charge on any atom is -0.389 e. The third-order valence-electron chi connectivity index (χ3n) is 3.44. The van der Waals surface area contributed by atoms with Gasteiger partial charge in [-0.15, -0.1) is 11.3 Å². The van der Waals surface area contributed by atoms with Crippen molar-refractivity contribution in [2.45, 2.75) is 58.2 Å². The molecule has 16 heavy (non-hydrogen) atoms. The Morgan fingerprint density at radius 2 is 2.25 bits per heavy atom. The van der Waals surface area contributed by atoms with Crippen molar-refractivity contribution in [3.05, 3.63) is 21.4 Å². The summed E-state index contributed by atoms with van der Waals surface area (Å²) in [7, 11) is 0. The SMILES string of the molecule is CC(NCc1cc2c(s1)CCC2)C(C)(C)O. The summed E-state index contributed by atoms with van der Waals surface area (Å²) in [6, 6.07) is 2.45. The third-order valence-corrected chi connectivity index (χ3v) is 4.68. The molecule has 1 atom stereocenters. The number of aryl methyl sites for hydroxylation is 2. The maximum Gasteiger partial charge on any atom is 0.0741 e. The van der Waals surface area contributed by atoms with Crippen molar-refractivity contribution < 1.29 is 5.11 Å². The molecule has 0 aliphatic heterocycles. The Bertz CT molecular complexity index is 343. The molecule has 0 saturated heterocycles. The van der Waals surface area contributed by atoms with E-state index in [2.05, 4.69) is 11.4 Å². The van der Waals surface area contributed by atoms with E-state index in [1.807, 2.05) is 32.1 Å². The van der Waals surface area contributed by atoms with Crippen LogP contribution in [0.15, 0.2) is 6.07 Å². The first kappa shape index (κ1) is 12.1. The van der Waals surface area contributed by atoms with Crippen LogP contribution in [0.1, 0.15) is 42.5 Å². The van der Waals surface area contributed by atoms with Crippen molar-refractivity contribution in [1.82, 2.24) is 5.32 Å². The molecule has 3 heteroatoms. The summed E-state index contributed by atoms with van der Waals surface area (Å²) in [6.45, 7) is 6.60. The molecule has 2 nitrogen and oxygen atoms in total. The largest absolute Gasteiger partial charge is 0.389 e. The zero-order valence-electron chi connectivity index (χ0n) is 10.3. The molecule has 1 heterocycles. The van der Waals surface area contributed by atoms with Crippen LogP contribution in [-0.4, -0.2) is 16.7 Å². The highest BCUT2D eigenvalue weighted by molar-refractivity contribution is 7.12. The van der Waals surface area contributed by atoms with Gasteiger partial charge in [0.05, 0.1) is 5.60 Å². The second-order valence-corrected chi connectivity index (χ2v) is 6.49. The van der Waals surface area contributed by atoms with Crippen LogP contribution in [0.25, 0.3) is 0 Å². The van der Waals surface area contributed by atoms with Gasteiger partial charge >= 0.3 is 0 Å². The van der Waals surface area contributed by atoms with E-state index >= 15 is 0 Å². The highest BCUT2D eigenvalue weighted by Crippen LogP contribution is 2.30. The molecular formula is C13H21NOS. The van der Waals surface area contributed by atoms with Crippen LogP contribution >= 0.6 is 11.3 Å². The zero-order valence-corrected chi connectivity index (χ0v) is 11.2. The van der Waals surface area contributed by atoms with Crippen LogP contribution in [0.5, 0.6) is 0 Å². The van der Waals surface area contributed by atoms with Gasteiger partial charge in [-0.25, -0.2) is 0 Å². The van der Waals surface area contributed by atoms with Crippen LogP contribution < -0.4 is 5.32 Å². The Labute approximate surface area is 102 Å².